The highest BCUT2D eigenvalue weighted by atomic mass is 16.5. The third-order valence-corrected chi connectivity index (χ3v) is 5.20. The van der Waals surface area contributed by atoms with Gasteiger partial charge in [-0.05, 0) is 67.8 Å². The van der Waals surface area contributed by atoms with Crippen molar-refractivity contribution in [1.82, 2.24) is 9.97 Å². The fourth-order valence-corrected chi connectivity index (χ4v) is 3.80. The molecule has 0 saturated heterocycles. The van der Waals surface area contributed by atoms with Crippen molar-refractivity contribution in [3.63, 3.8) is 0 Å². The highest BCUT2D eigenvalue weighted by molar-refractivity contribution is 5.86. The summed E-state index contributed by atoms with van der Waals surface area (Å²) in [5.74, 6) is 1.87. The lowest BCUT2D eigenvalue weighted by Gasteiger charge is -2.33. The molecule has 2 heterocycles. The van der Waals surface area contributed by atoms with Crippen LogP contribution in [0.1, 0.15) is 48.6 Å². The van der Waals surface area contributed by atoms with Crippen LogP contribution in [0.3, 0.4) is 0 Å². The van der Waals surface area contributed by atoms with Crippen LogP contribution in [0, 0.1) is 11.3 Å². The molecule has 4 N–H and O–H groups in total. The fourth-order valence-electron chi connectivity index (χ4n) is 3.80. The summed E-state index contributed by atoms with van der Waals surface area (Å²) in [5.41, 5.74) is 16.5. The number of aromatic nitrogens is 2. The van der Waals surface area contributed by atoms with Crippen LogP contribution in [0.15, 0.2) is 48.7 Å². The fraction of sp³-hybridized carbons (Fsp3) is 0.240. The van der Waals surface area contributed by atoms with E-state index in [9.17, 15) is 0 Å². The molecule has 1 aliphatic heterocycles. The second kappa shape index (κ2) is 8.23. The Labute approximate surface area is 187 Å². The van der Waals surface area contributed by atoms with Gasteiger partial charge in [0.2, 0.25) is 5.95 Å². The molecular formula is C25H25N5O2. The normalized spacial score (nSPS) is 14.0. The Morgan fingerprint density at radius 3 is 2.56 bits per heavy atom. The predicted octanol–water partition coefficient (Wildman–Crippen LogP) is 4.10. The van der Waals surface area contributed by atoms with Crippen LogP contribution in [-0.4, -0.2) is 22.2 Å². The number of hydrogen-bond donors (Lipinski definition) is 2. The summed E-state index contributed by atoms with van der Waals surface area (Å²) in [4.78, 5) is 8.14. The van der Waals surface area contributed by atoms with E-state index in [0.717, 1.165) is 27.8 Å². The van der Waals surface area contributed by atoms with Gasteiger partial charge in [0.25, 0.3) is 0 Å². The van der Waals surface area contributed by atoms with Crippen molar-refractivity contribution in [1.29, 1.82) is 5.26 Å². The van der Waals surface area contributed by atoms with Crippen molar-refractivity contribution in [2.24, 2.45) is 0 Å². The van der Waals surface area contributed by atoms with Crippen LogP contribution in [-0.2, 0) is 6.42 Å². The maximum atomic E-state index is 9.16. The van der Waals surface area contributed by atoms with Crippen molar-refractivity contribution in [2.45, 2.75) is 32.8 Å². The van der Waals surface area contributed by atoms with E-state index >= 15 is 0 Å². The molecule has 1 aromatic heterocycles. The van der Waals surface area contributed by atoms with Crippen LogP contribution in [0.25, 0.3) is 5.57 Å². The summed E-state index contributed by atoms with van der Waals surface area (Å²) in [5, 5.41) is 9.16. The molecule has 162 valence electrons. The van der Waals surface area contributed by atoms with Gasteiger partial charge in [-0.2, -0.15) is 10.2 Å². The molecule has 7 heteroatoms. The molecule has 3 aromatic rings. The first kappa shape index (κ1) is 21.2. The molecule has 0 bridgehead atoms. The molecule has 0 spiro atoms. The number of rotatable bonds is 5. The first-order valence-corrected chi connectivity index (χ1v) is 10.4. The van der Waals surface area contributed by atoms with E-state index < -0.39 is 5.60 Å². The molecule has 7 nitrogen and oxygen atoms in total. The lowest BCUT2D eigenvalue weighted by atomic mass is 9.88. The van der Waals surface area contributed by atoms with Crippen molar-refractivity contribution in [3.05, 3.63) is 76.5 Å². The van der Waals surface area contributed by atoms with Gasteiger partial charge in [0.05, 0.1) is 18.2 Å². The van der Waals surface area contributed by atoms with Crippen molar-refractivity contribution < 1.29 is 9.47 Å². The highest BCUT2D eigenvalue weighted by Crippen LogP contribution is 2.46. The SMILES string of the molecule is CCOc1cc(Cc2cnc(N)nc2N)cc2c1OC(C)(C)C=C2c1ccc(C#N)cc1. The maximum Gasteiger partial charge on any atom is 0.221 e. The summed E-state index contributed by atoms with van der Waals surface area (Å²) >= 11 is 0. The number of anilines is 2. The molecule has 0 amide bonds. The smallest absolute Gasteiger partial charge is 0.221 e. The molecule has 0 aliphatic carbocycles. The lowest BCUT2D eigenvalue weighted by Crippen LogP contribution is -2.29. The van der Waals surface area contributed by atoms with Gasteiger partial charge in [-0.25, -0.2) is 4.98 Å². The molecule has 0 radical (unpaired) electrons. The third-order valence-electron chi connectivity index (χ3n) is 5.20. The largest absolute Gasteiger partial charge is 0.490 e. The topological polar surface area (TPSA) is 120 Å². The van der Waals surface area contributed by atoms with Gasteiger partial charge >= 0.3 is 0 Å². The van der Waals surface area contributed by atoms with Crippen molar-refractivity contribution in [2.75, 3.05) is 18.1 Å². The zero-order valence-electron chi connectivity index (χ0n) is 18.3. The Hall–Kier alpha value is -4.05. The van der Waals surface area contributed by atoms with Crippen LogP contribution in [0.4, 0.5) is 11.8 Å². The molecular weight excluding hydrogens is 402 g/mol. The average Bonchev–Trinajstić information content (AvgIpc) is 2.76. The molecule has 4 rings (SSSR count). The standard InChI is InChI=1S/C25H25N5O2/c1-4-31-21-11-16(9-18-14-29-24(28)30-23(18)27)10-19-20(12-25(2,3)32-22(19)21)17-7-5-15(13-26)6-8-17/h5-8,10-12,14H,4,9H2,1-3H3,(H4,27,28,29,30). The minimum absolute atomic E-state index is 0.147. The van der Waals surface area contributed by atoms with E-state index in [1.807, 2.05) is 51.1 Å². The maximum absolute atomic E-state index is 9.16. The summed E-state index contributed by atoms with van der Waals surface area (Å²) in [6.45, 7) is 6.46. The van der Waals surface area contributed by atoms with E-state index in [-0.39, 0.29) is 5.95 Å². The number of nitrogens with two attached hydrogens (primary N) is 2. The van der Waals surface area contributed by atoms with E-state index in [1.165, 1.54) is 0 Å². The Bertz CT molecular complexity index is 1240. The van der Waals surface area contributed by atoms with Crippen LogP contribution < -0.4 is 20.9 Å². The second-order valence-electron chi connectivity index (χ2n) is 8.17. The first-order valence-electron chi connectivity index (χ1n) is 10.4. The molecule has 2 aromatic carbocycles. The number of nitrogen functional groups attached to an aromatic ring is 2. The van der Waals surface area contributed by atoms with E-state index in [2.05, 4.69) is 28.2 Å². The summed E-state index contributed by atoms with van der Waals surface area (Å²) in [7, 11) is 0. The summed E-state index contributed by atoms with van der Waals surface area (Å²) in [6, 6.07) is 13.8. The minimum Gasteiger partial charge on any atom is -0.490 e. The van der Waals surface area contributed by atoms with Crippen LogP contribution in [0.5, 0.6) is 11.5 Å². The van der Waals surface area contributed by atoms with Crippen molar-refractivity contribution in [3.8, 4) is 17.6 Å². The third kappa shape index (κ3) is 4.21. The Morgan fingerprint density at radius 2 is 1.91 bits per heavy atom. The molecule has 0 atom stereocenters. The number of nitrogens with zero attached hydrogens (tertiary/aromatic N) is 3. The average molecular weight is 428 g/mol. The van der Waals surface area contributed by atoms with E-state index in [0.29, 0.717) is 35.9 Å². The second-order valence-corrected chi connectivity index (χ2v) is 8.17. The number of hydrogen-bond acceptors (Lipinski definition) is 7. The van der Waals surface area contributed by atoms with Gasteiger partial charge in [-0.1, -0.05) is 12.1 Å². The predicted molar refractivity (Wildman–Crippen MR) is 124 cm³/mol. The van der Waals surface area contributed by atoms with Gasteiger partial charge < -0.3 is 20.9 Å². The Balaban J connectivity index is 1.85. The summed E-state index contributed by atoms with van der Waals surface area (Å²) in [6.07, 6.45) is 4.26. The zero-order valence-corrected chi connectivity index (χ0v) is 18.3. The molecule has 32 heavy (non-hydrogen) atoms. The number of nitriles is 1. The molecule has 1 aliphatic rings. The Kier molecular flexibility index (Phi) is 5.45. The van der Waals surface area contributed by atoms with Gasteiger partial charge in [-0.3, -0.25) is 0 Å². The van der Waals surface area contributed by atoms with Crippen LogP contribution >= 0.6 is 0 Å². The lowest BCUT2D eigenvalue weighted by molar-refractivity contribution is 0.149. The molecule has 0 unspecified atom stereocenters. The molecule has 0 saturated carbocycles. The monoisotopic (exact) mass is 427 g/mol. The van der Waals surface area contributed by atoms with Gasteiger partial charge in [-0.15, -0.1) is 0 Å². The Morgan fingerprint density at radius 1 is 1.16 bits per heavy atom. The molecule has 0 fully saturated rings. The summed E-state index contributed by atoms with van der Waals surface area (Å²) < 4.78 is 12.3. The zero-order chi connectivity index (χ0) is 22.9. The highest BCUT2D eigenvalue weighted by Gasteiger charge is 2.30. The van der Waals surface area contributed by atoms with Gasteiger partial charge in [0.15, 0.2) is 11.5 Å². The van der Waals surface area contributed by atoms with Crippen molar-refractivity contribution >= 4 is 17.3 Å². The quantitative estimate of drug-likeness (QED) is 0.629. The number of fused-ring (bicyclic) bond motifs is 1. The van der Waals surface area contributed by atoms with Crippen LogP contribution in [0.2, 0.25) is 0 Å². The first-order chi connectivity index (χ1) is 15.3. The van der Waals surface area contributed by atoms with Gasteiger partial charge in [0.1, 0.15) is 11.4 Å². The van der Waals surface area contributed by atoms with E-state index in [1.54, 1.807) is 6.20 Å². The minimum atomic E-state index is -0.529. The van der Waals surface area contributed by atoms with Gasteiger partial charge in [0, 0.05) is 23.7 Å². The van der Waals surface area contributed by atoms with E-state index in [4.69, 9.17) is 26.2 Å². The number of ether oxygens (including phenoxy) is 2. The number of benzene rings is 2.